The summed E-state index contributed by atoms with van der Waals surface area (Å²) < 4.78 is 27.7. The normalized spacial score (nSPS) is 13.3. The van der Waals surface area contributed by atoms with E-state index in [0.29, 0.717) is 6.54 Å². The molecule has 0 saturated carbocycles. The number of nitrogens with two attached hydrogens (primary N) is 1. The summed E-state index contributed by atoms with van der Waals surface area (Å²) in [6, 6.07) is 3.28. The molecule has 6 heteroatoms. The first kappa shape index (κ1) is 17.1. The zero-order valence-corrected chi connectivity index (χ0v) is 12.7. The topological polar surface area (TPSA) is 53.6 Å². The van der Waals surface area contributed by atoms with Crippen LogP contribution in [0.5, 0.6) is 0 Å². The molecule has 1 rings (SSSR count). The van der Waals surface area contributed by atoms with Crippen LogP contribution in [0.15, 0.2) is 35.3 Å². The highest BCUT2D eigenvalue weighted by Crippen LogP contribution is 2.24. The number of rotatable bonds is 6. The molecular weight excluding hydrogens is 274 g/mol. The number of hydrogen-bond donors (Lipinski definition) is 2. The standard InChI is InChI=1S/C15H22F2N4/c1-10(2)8-19-15(18)20-9-13(21(3)4)14-11(16)6-5-7-12(14)17/h5-7,13H,1,8-9H2,2-4H3,(H3,18,19,20). The lowest BCUT2D eigenvalue weighted by molar-refractivity contribution is 0.290. The molecule has 1 aromatic rings. The van der Waals surface area contributed by atoms with Crippen molar-refractivity contribution in [3.8, 4) is 0 Å². The summed E-state index contributed by atoms with van der Waals surface area (Å²) in [6.07, 6.45) is 0. The van der Waals surface area contributed by atoms with E-state index in [1.165, 1.54) is 18.2 Å². The van der Waals surface area contributed by atoms with Gasteiger partial charge >= 0.3 is 0 Å². The molecule has 0 spiro atoms. The molecule has 0 radical (unpaired) electrons. The van der Waals surface area contributed by atoms with Crippen LogP contribution in [-0.2, 0) is 0 Å². The van der Waals surface area contributed by atoms with E-state index >= 15 is 0 Å². The monoisotopic (exact) mass is 296 g/mol. The Labute approximate surface area is 124 Å². The maximum atomic E-state index is 13.9. The van der Waals surface area contributed by atoms with E-state index in [-0.39, 0.29) is 18.1 Å². The van der Waals surface area contributed by atoms with E-state index in [1.807, 2.05) is 6.92 Å². The summed E-state index contributed by atoms with van der Waals surface area (Å²) in [7, 11) is 3.48. The van der Waals surface area contributed by atoms with Crippen LogP contribution in [0.3, 0.4) is 0 Å². The van der Waals surface area contributed by atoms with Gasteiger partial charge in [0.1, 0.15) is 11.6 Å². The van der Waals surface area contributed by atoms with Gasteiger partial charge in [0.25, 0.3) is 0 Å². The Kier molecular flexibility index (Phi) is 6.30. The largest absolute Gasteiger partial charge is 0.370 e. The summed E-state index contributed by atoms with van der Waals surface area (Å²) in [5.41, 5.74) is 6.63. The molecule has 1 unspecified atom stereocenters. The second-order valence-electron chi connectivity index (χ2n) is 5.15. The van der Waals surface area contributed by atoms with Crippen LogP contribution in [0.2, 0.25) is 0 Å². The van der Waals surface area contributed by atoms with Gasteiger partial charge in [-0.15, -0.1) is 0 Å². The molecule has 3 N–H and O–H groups in total. The third-order valence-electron chi connectivity index (χ3n) is 2.96. The third kappa shape index (κ3) is 5.15. The van der Waals surface area contributed by atoms with Gasteiger partial charge in [-0.1, -0.05) is 18.2 Å². The summed E-state index contributed by atoms with van der Waals surface area (Å²) in [5, 5.41) is 2.88. The van der Waals surface area contributed by atoms with Gasteiger partial charge in [-0.2, -0.15) is 0 Å². The lowest BCUT2D eigenvalue weighted by atomic mass is 10.0. The fourth-order valence-corrected chi connectivity index (χ4v) is 1.82. The SMILES string of the molecule is C=C(C)CNC(N)=NCC(c1c(F)cccc1F)N(C)C. The molecule has 0 aliphatic carbocycles. The smallest absolute Gasteiger partial charge is 0.188 e. The van der Waals surface area contributed by atoms with Gasteiger partial charge in [0.15, 0.2) is 5.96 Å². The molecule has 1 atom stereocenters. The second-order valence-corrected chi connectivity index (χ2v) is 5.15. The van der Waals surface area contributed by atoms with E-state index in [4.69, 9.17) is 5.73 Å². The maximum absolute atomic E-state index is 13.9. The molecule has 0 aliphatic heterocycles. The van der Waals surface area contributed by atoms with Crippen molar-refractivity contribution in [2.75, 3.05) is 27.2 Å². The van der Waals surface area contributed by atoms with Gasteiger partial charge in [-0.3, -0.25) is 4.99 Å². The van der Waals surface area contributed by atoms with Crippen LogP contribution in [0.4, 0.5) is 8.78 Å². The zero-order chi connectivity index (χ0) is 16.0. The first-order valence-corrected chi connectivity index (χ1v) is 6.61. The van der Waals surface area contributed by atoms with Gasteiger partial charge in [0, 0.05) is 12.1 Å². The van der Waals surface area contributed by atoms with Gasteiger partial charge in [0.05, 0.1) is 12.6 Å². The van der Waals surface area contributed by atoms with Crippen molar-refractivity contribution in [1.29, 1.82) is 0 Å². The van der Waals surface area contributed by atoms with Crippen molar-refractivity contribution in [2.45, 2.75) is 13.0 Å². The van der Waals surface area contributed by atoms with Crippen molar-refractivity contribution in [3.63, 3.8) is 0 Å². The molecule has 0 saturated heterocycles. The Hall–Kier alpha value is -1.95. The average Bonchev–Trinajstić information content (AvgIpc) is 2.39. The fourth-order valence-electron chi connectivity index (χ4n) is 1.82. The predicted octanol–water partition coefficient (Wildman–Crippen LogP) is 2.05. The predicted molar refractivity (Wildman–Crippen MR) is 82.1 cm³/mol. The molecule has 4 nitrogen and oxygen atoms in total. The van der Waals surface area contributed by atoms with Crippen LogP contribution in [0, 0.1) is 11.6 Å². The Balaban J connectivity index is 2.89. The highest BCUT2D eigenvalue weighted by Gasteiger charge is 2.21. The van der Waals surface area contributed by atoms with Crippen molar-refractivity contribution in [3.05, 3.63) is 47.5 Å². The summed E-state index contributed by atoms with van der Waals surface area (Å²) in [6.45, 7) is 6.26. The number of nitrogens with zero attached hydrogens (tertiary/aromatic N) is 2. The number of aliphatic imine (C=N–C) groups is 1. The molecule has 0 heterocycles. The zero-order valence-electron chi connectivity index (χ0n) is 12.7. The van der Waals surface area contributed by atoms with Crippen LogP contribution in [-0.4, -0.2) is 38.0 Å². The molecule has 0 aliphatic rings. The lowest BCUT2D eigenvalue weighted by Gasteiger charge is -2.24. The van der Waals surface area contributed by atoms with E-state index in [2.05, 4.69) is 16.9 Å². The van der Waals surface area contributed by atoms with Crippen LogP contribution in [0.1, 0.15) is 18.5 Å². The van der Waals surface area contributed by atoms with E-state index in [0.717, 1.165) is 5.57 Å². The number of halogens is 2. The maximum Gasteiger partial charge on any atom is 0.188 e. The quantitative estimate of drug-likeness (QED) is 0.480. The van der Waals surface area contributed by atoms with Gasteiger partial charge < -0.3 is 16.0 Å². The molecule has 21 heavy (non-hydrogen) atoms. The van der Waals surface area contributed by atoms with Gasteiger partial charge in [0.2, 0.25) is 0 Å². The van der Waals surface area contributed by atoms with Gasteiger partial charge in [-0.05, 0) is 33.2 Å². The van der Waals surface area contributed by atoms with E-state index in [9.17, 15) is 8.78 Å². The molecular formula is C15H22F2N4. The fraction of sp³-hybridized carbons (Fsp3) is 0.400. The Morgan fingerprint density at radius 3 is 2.43 bits per heavy atom. The average molecular weight is 296 g/mol. The number of guanidine groups is 1. The van der Waals surface area contributed by atoms with Crippen LogP contribution >= 0.6 is 0 Å². The minimum Gasteiger partial charge on any atom is -0.370 e. The van der Waals surface area contributed by atoms with Crippen molar-refractivity contribution in [2.24, 2.45) is 10.7 Å². The first-order valence-electron chi connectivity index (χ1n) is 6.61. The second kappa shape index (κ2) is 7.73. The van der Waals surface area contributed by atoms with E-state index in [1.54, 1.807) is 19.0 Å². The minimum absolute atomic E-state index is 0.000971. The molecule has 0 fully saturated rings. The molecule has 0 aromatic heterocycles. The van der Waals surface area contributed by atoms with Crippen molar-refractivity contribution in [1.82, 2.24) is 10.2 Å². The number of benzene rings is 1. The molecule has 0 amide bonds. The highest BCUT2D eigenvalue weighted by atomic mass is 19.1. The van der Waals surface area contributed by atoms with Gasteiger partial charge in [-0.25, -0.2) is 8.78 Å². The Morgan fingerprint density at radius 2 is 1.95 bits per heavy atom. The molecule has 0 bridgehead atoms. The number of likely N-dealkylation sites (N-methyl/N-ethyl adjacent to an activating group) is 1. The van der Waals surface area contributed by atoms with Crippen LogP contribution < -0.4 is 11.1 Å². The van der Waals surface area contributed by atoms with Crippen molar-refractivity contribution >= 4 is 5.96 Å². The summed E-state index contributed by atoms with van der Waals surface area (Å²) in [5.74, 6) is -0.948. The Morgan fingerprint density at radius 1 is 1.38 bits per heavy atom. The van der Waals surface area contributed by atoms with Crippen molar-refractivity contribution < 1.29 is 8.78 Å². The van der Waals surface area contributed by atoms with E-state index < -0.39 is 17.7 Å². The molecule has 1 aromatic carbocycles. The van der Waals surface area contributed by atoms with Crippen LogP contribution in [0.25, 0.3) is 0 Å². The summed E-state index contributed by atoms with van der Waals surface area (Å²) in [4.78, 5) is 5.85. The number of hydrogen-bond acceptors (Lipinski definition) is 2. The lowest BCUT2D eigenvalue weighted by Crippen LogP contribution is -2.34. The third-order valence-corrected chi connectivity index (χ3v) is 2.96. The summed E-state index contributed by atoms with van der Waals surface area (Å²) >= 11 is 0. The minimum atomic E-state index is -0.586. The number of nitrogens with one attached hydrogen (secondary N) is 1. The first-order chi connectivity index (χ1) is 9.82. The highest BCUT2D eigenvalue weighted by molar-refractivity contribution is 5.78. The Bertz CT molecular complexity index is 506. The molecule has 116 valence electrons.